The van der Waals surface area contributed by atoms with Crippen LogP contribution in [0.25, 0.3) is 0 Å². The monoisotopic (exact) mass is 408 g/mol. The maximum absolute atomic E-state index is 12.0. The van der Waals surface area contributed by atoms with E-state index in [-0.39, 0.29) is 12.1 Å². The van der Waals surface area contributed by atoms with Crippen LogP contribution in [0.4, 0.5) is 4.79 Å². The zero-order valence-corrected chi connectivity index (χ0v) is 16.3. The van der Waals surface area contributed by atoms with Crippen molar-refractivity contribution in [1.29, 1.82) is 0 Å². The number of benzene rings is 1. The van der Waals surface area contributed by atoms with Crippen molar-refractivity contribution in [2.45, 2.75) is 19.2 Å². The van der Waals surface area contributed by atoms with Gasteiger partial charge in [-0.25, -0.2) is 4.79 Å². The number of carbonyl (C=O) groups excluding carboxylic acids is 1. The van der Waals surface area contributed by atoms with Crippen LogP contribution < -0.4 is 10.6 Å². The molecule has 8 heteroatoms. The van der Waals surface area contributed by atoms with E-state index in [4.69, 9.17) is 27.9 Å². The quantitative estimate of drug-likeness (QED) is 0.770. The number of morpholine rings is 1. The number of hydrogen-bond donors (Lipinski definition) is 2. The zero-order valence-electron chi connectivity index (χ0n) is 14.8. The Hall–Kier alpha value is -1.86. The van der Waals surface area contributed by atoms with Gasteiger partial charge in [-0.05, 0) is 29.3 Å². The summed E-state index contributed by atoms with van der Waals surface area (Å²) in [5, 5.41) is 6.80. The summed E-state index contributed by atoms with van der Waals surface area (Å²) >= 11 is 12.1. The van der Waals surface area contributed by atoms with Crippen molar-refractivity contribution in [3.05, 3.63) is 63.9 Å². The second-order valence-corrected chi connectivity index (χ2v) is 7.22. The van der Waals surface area contributed by atoms with Gasteiger partial charge in [0.1, 0.15) is 0 Å². The molecule has 2 aromatic rings. The van der Waals surface area contributed by atoms with Crippen LogP contribution in [0.2, 0.25) is 10.0 Å². The molecule has 1 saturated heterocycles. The third-order valence-electron chi connectivity index (χ3n) is 4.28. The predicted molar refractivity (Wildman–Crippen MR) is 106 cm³/mol. The van der Waals surface area contributed by atoms with Gasteiger partial charge in [0, 0.05) is 45.1 Å². The highest BCUT2D eigenvalue weighted by Gasteiger charge is 2.21. The minimum absolute atomic E-state index is 0.0503. The first-order chi connectivity index (χ1) is 13.1. The molecular formula is C19H22Cl2N4O2. The number of aromatic nitrogens is 1. The number of urea groups is 1. The van der Waals surface area contributed by atoms with Crippen molar-refractivity contribution in [2.75, 3.05) is 26.2 Å². The second-order valence-electron chi connectivity index (χ2n) is 6.40. The van der Waals surface area contributed by atoms with E-state index in [2.05, 4.69) is 20.5 Å². The zero-order chi connectivity index (χ0) is 19.1. The van der Waals surface area contributed by atoms with E-state index in [9.17, 15) is 4.79 Å². The molecule has 3 rings (SSSR count). The molecule has 144 valence electrons. The molecular weight excluding hydrogens is 387 g/mol. The average Bonchev–Trinajstić information content (AvgIpc) is 2.69. The number of pyridine rings is 1. The molecule has 1 unspecified atom stereocenters. The molecule has 1 aromatic heterocycles. The van der Waals surface area contributed by atoms with Crippen molar-refractivity contribution >= 4 is 29.2 Å². The van der Waals surface area contributed by atoms with Gasteiger partial charge in [0.2, 0.25) is 0 Å². The molecule has 1 aliphatic heterocycles. The van der Waals surface area contributed by atoms with Gasteiger partial charge >= 0.3 is 6.03 Å². The van der Waals surface area contributed by atoms with Gasteiger partial charge < -0.3 is 15.4 Å². The third-order valence-corrected chi connectivity index (χ3v) is 5.02. The first kappa shape index (κ1) is 19.9. The summed E-state index contributed by atoms with van der Waals surface area (Å²) in [5.74, 6) is 0. The van der Waals surface area contributed by atoms with Gasteiger partial charge in [-0.1, -0.05) is 35.3 Å². The lowest BCUT2D eigenvalue weighted by Crippen LogP contribution is -2.48. The lowest BCUT2D eigenvalue weighted by Gasteiger charge is -2.33. The summed E-state index contributed by atoms with van der Waals surface area (Å²) in [6.07, 6.45) is 3.38. The number of nitrogens with zero attached hydrogens (tertiary/aromatic N) is 2. The molecule has 2 N–H and O–H groups in total. The molecule has 0 bridgehead atoms. The van der Waals surface area contributed by atoms with Crippen molar-refractivity contribution in [3.8, 4) is 0 Å². The first-order valence-electron chi connectivity index (χ1n) is 8.78. The highest BCUT2D eigenvalue weighted by atomic mass is 35.5. The number of ether oxygens (including phenoxy) is 1. The Balaban J connectivity index is 1.41. The molecule has 0 spiro atoms. The Kier molecular flexibility index (Phi) is 7.29. The van der Waals surface area contributed by atoms with Gasteiger partial charge in [0.25, 0.3) is 0 Å². The smallest absolute Gasteiger partial charge is 0.315 e. The van der Waals surface area contributed by atoms with E-state index in [0.717, 1.165) is 30.8 Å². The van der Waals surface area contributed by atoms with Gasteiger partial charge in [0.15, 0.2) is 0 Å². The molecule has 1 fully saturated rings. The van der Waals surface area contributed by atoms with Gasteiger partial charge in [0.05, 0.1) is 22.8 Å². The molecule has 27 heavy (non-hydrogen) atoms. The Morgan fingerprint density at radius 2 is 2.11 bits per heavy atom. The fraction of sp³-hybridized carbons (Fsp3) is 0.368. The van der Waals surface area contributed by atoms with Crippen molar-refractivity contribution < 1.29 is 9.53 Å². The van der Waals surface area contributed by atoms with E-state index in [1.165, 1.54) is 0 Å². The van der Waals surface area contributed by atoms with Crippen LogP contribution in [-0.4, -0.2) is 48.3 Å². The summed E-state index contributed by atoms with van der Waals surface area (Å²) in [6.45, 7) is 3.87. The number of amides is 2. The number of nitrogens with one attached hydrogen (secondary N) is 2. The van der Waals surface area contributed by atoms with E-state index in [0.29, 0.717) is 29.7 Å². The highest BCUT2D eigenvalue weighted by Crippen LogP contribution is 2.23. The lowest BCUT2D eigenvalue weighted by molar-refractivity contribution is -0.0287. The molecule has 1 aliphatic rings. The molecule has 0 saturated carbocycles. The topological polar surface area (TPSA) is 66.5 Å². The molecule has 6 nitrogen and oxygen atoms in total. The Morgan fingerprint density at radius 1 is 1.22 bits per heavy atom. The number of carbonyl (C=O) groups is 1. The van der Waals surface area contributed by atoms with Crippen LogP contribution in [0.1, 0.15) is 11.1 Å². The van der Waals surface area contributed by atoms with Crippen molar-refractivity contribution in [2.24, 2.45) is 0 Å². The van der Waals surface area contributed by atoms with E-state index < -0.39 is 0 Å². The fourth-order valence-corrected chi connectivity index (χ4v) is 3.22. The standard InChI is InChI=1S/C19H22Cl2N4O2/c20-17-4-3-14(8-18(17)21)12-25-6-7-27-16(13-25)11-24-19(26)23-10-15-2-1-5-22-9-15/h1-5,8-9,16H,6-7,10-13H2,(H2,23,24,26). The van der Waals surface area contributed by atoms with Gasteiger partial charge in [-0.15, -0.1) is 0 Å². The van der Waals surface area contributed by atoms with Crippen LogP contribution in [-0.2, 0) is 17.8 Å². The minimum atomic E-state index is -0.218. The summed E-state index contributed by atoms with van der Waals surface area (Å²) in [7, 11) is 0. The van der Waals surface area contributed by atoms with Crippen LogP contribution in [0.15, 0.2) is 42.7 Å². The number of hydrogen-bond acceptors (Lipinski definition) is 4. The average molecular weight is 409 g/mol. The second kappa shape index (κ2) is 9.90. The molecule has 0 aliphatic carbocycles. The molecule has 1 aromatic carbocycles. The lowest BCUT2D eigenvalue weighted by atomic mass is 10.2. The maximum Gasteiger partial charge on any atom is 0.315 e. The third kappa shape index (κ3) is 6.36. The molecule has 2 amide bonds. The van der Waals surface area contributed by atoms with Crippen molar-refractivity contribution in [3.63, 3.8) is 0 Å². The minimum Gasteiger partial charge on any atom is -0.374 e. The normalized spacial score (nSPS) is 17.5. The summed E-state index contributed by atoms with van der Waals surface area (Å²) < 4.78 is 5.76. The molecule has 2 heterocycles. The Morgan fingerprint density at radius 3 is 2.89 bits per heavy atom. The van der Waals surface area contributed by atoms with Gasteiger partial charge in [-0.2, -0.15) is 0 Å². The van der Waals surface area contributed by atoms with E-state index in [1.807, 2.05) is 30.3 Å². The van der Waals surface area contributed by atoms with Crippen molar-refractivity contribution in [1.82, 2.24) is 20.5 Å². The van der Waals surface area contributed by atoms with Crippen LogP contribution in [0.3, 0.4) is 0 Å². The maximum atomic E-state index is 12.0. The Labute approximate surface area is 168 Å². The van der Waals surface area contributed by atoms with Crippen LogP contribution in [0, 0.1) is 0 Å². The van der Waals surface area contributed by atoms with Gasteiger partial charge in [-0.3, -0.25) is 9.88 Å². The summed E-state index contributed by atoms with van der Waals surface area (Å²) in [6, 6.07) is 9.21. The fourth-order valence-electron chi connectivity index (χ4n) is 2.90. The SMILES string of the molecule is O=C(NCc1cccnc1)NCC1CN(Cc2ccc(Cl)c(Cl)c2)CCO1. The first-order valence-corrected chi connectivity index (χ1v) is 9.54. The van der Waals surface area contributed by atoms with Crippen LogP contribution >= 0.6 is 23.2 Å². The largest absolute Gasteiger partial charge is 0.374 e. The predicted octanol–water partition coefficient (Wildman–Crippen LogP) is 3.09. The highest BCUT2D eigenvalue weighted by molar-refractivity contribution is 6.42. The van der Waals surface area contributed by atoms with Crippen LogP contribution in [0.5, 0.6) is 0 Å². The molecule has 1 atom stereocenters. The molecule has 0 radical (unpaired) electrons. The Bertz CT molecular complexity index is 761. The number of rotatable bonds is 6. The van der Waals surface area contributed by atoms with E-state index in [1.54, 1.807) is 12.4 Å². The van der Waals surface area contributed by atoms with E-state index >= 15 is 0 Å². The number of halogens is 2. The summed E-state index contributed by atoms with van der Waals surface area (Å²) in [5.41, 5.74) is 2.06. The summed E-state index contributed by atoms with van der Waals surface area (Å²) in [4.78, 5) is 18.3.